The minimum absolute atomic E-state index is 0.0687. The molecule has 1 N–H and O–H groups in total. The predicted molar refractivity (Wildman–Crippen MR) is 117 cm³/mol. The quantitative estimate of drug-likeness (QED) is 0.624. The van der Waals surface area contributed by atoms with Gasteiger partial charge in [-0.3, -0.25) is 14.3 Å². The summed E-state index contributed by atoms with van der Waals surface area (Å²) in [6.07, 6.45) is 2.45. The second-order valence-corrected chi connectivity index (χ2v) is 10.1. The van der Waals surface area contributed by atoms with E-state index in [2.05, 4.69) is 15.7 Å². The van der Waals surface area contributed by atoms with Gasteiger partial charge in [-0.15, -0.1) is 0 Å². The molecule has 0 aliphatic carbocycles. The van der Waals surface area contributed by atoms with E-state index in [1.165, 1.54) is 12.8 Å². The van der Waals surface area contributed by atoms with Crippen molar-refractivity contribution in [3.63, 3.8) is 0 Å². The average molecular weight is 432 g/mol. The second kappa shape index (κ2) is 8.39. The van der Waals surface area contributed by atoms with Crippen LogP contribution in [0.5, 0.6) is 0 Å². The molecular weight excluding hydrogens is 406 g/mol. The summed E-state index contributed by atoms with van der Waals surface area (Å²) in [7, 11) is -3.67. The van der Waals surface area contributed by atoms with Crippen molar-refractivity contribution in [1.82, 2.24) is 14.2 Å². The number of aromatic nitrogens is 1. The highest BCUT2D eigenvalue weighted by atomic mass is 32.2. The molecule has 2 heterocycles. The number of thiazole rings is 1. The molecule has 1 saturated heterocycles. The van der Waals surface area contributed by atoms with Crippen LogP contribution in [0.1, 0.15) is 30.9 Å². The monoisotopic (exact) mass is 431 g/mol. The van der Waals surface area contributed by atoms with Crippen LogP contribution >= 0.6 is 11.3 Å². The molecule has 0 amide bonds. The fourth-order valence-corrected chi connectivity index (χ4v) is 5.94. The molecule has 2 aromatic carbocycles. The van der Waals surface area contributed by atoms with E-state index in [4.69, 9.17) is 0 Å². The molecule has 1 aliphatic rings. The van der Waals surface area contributed by atoms with E-state index in [0.29, 0.717) is 11.2 Å². The Morgan fingerprint density at radius 2 is 1.79 bits per heavy atom. The van der Waals surface area contributed by atoms with Crippen molar-refractivity contribution in [2.24, 2.45) is 0 Å². The molecule has 0 bridgehead atoms. The second-order valence-electron chi connectivity index (χ2n) is 7.32. The minimum Gasteiger partial charge on any atom is -0.299 e. The van der Waals surface area contributed by atoms with Crippen molar-refractivity contribution in [3.8, 4) is 0 Å². The molecule has 0 unspecified atom stereocenters. The van der Waals surface area contributed by atoms with Gasteiger partial charge in [-0.2, -0.15) is 0 Å². The Morgan fingerprint density at radius 1 is 1.07 bits per heavy atom. The number of aryl methyl sites for hydroxylation is 1. The number of hydrogen-bond donors (Lipinski definition) is 1. The topological polar surface area (TPSA) is 71.4 Å². The number of sulfonamides is 1. The van der Waals surface area contributed by atoms with Gasteiger partial charge in [-0.05, 0) is 62.2 Å². The lowest BCUT2D eigenvalue weighted by Crippen LogP contribution is -2.25. The van der Waals surface area contributed by atoms with Gasteiger partial charge in [-0.1, -0.05) is 35.6 Å². The number of hydrogen-bond acceptors (Lipinski definition) is 5. The first-order chi connectivity index (χ1) is 14.0. The maximum absolute atomic E-state index is 12.9. The molecule has 0 saturated carbocycles. The third kappa shape index (κ3) is 4.30. The van der Waals surface area contributed by atoms with Crippen LogP contribution in [-0.4, -0.2) is 31.0 Å². The third-order valence-electron chi connectivity index (χ3n) is 5.43. The smallest absolute Gasteiger partial charge is 0.299 e. The summed E-state index contributed by atoms with van der Waals surface area (Å²) < 4.78 is 30.8. The molecule has 154 valence electrons. The largest absolute Gasteiger partial charge is 0.308 e. The Labute approximate surface area is 174 Å². The van der Waals surface area contributed by atoms with Gasteiger partial charge in [0.05, 0.1) is 15.1 Å². The molecular formula is C21H25N3O3S2. The van der Waals surface area contributed by atoms with Crippen molar-refractivity contribution in [2.75, 3.05) is 13.1 Å². The van der Waals surface area contributed by atoms with Crippen molar-refractivity contribution < 1.29 is 8.42 Å². The molecule has 6 nitrogen and oxygen atoms in total. The Bertz CT molecular complexity index is 1180. The Kier molecular flexibility index (Phi) is 5.87. The van der Waals surface area contributed by atoms with Crippen LogP contribution in [0.15, 0.2) is 52.2 Å². The Balaban J connectivity index is 1.54. The van der Waals surface area contributed by atoms with Crippen LogP contribution in [0.25, 0.3) is 10.2 Å². The van der Waals surface area contributed by atoms with Crippen molar-refractivity contribution in [2.45, 2.75) is 44.3 Å². The van der Waals surface area contributed by atoms with Crippen molar-refractivity contribution >= 4 is 31.6 Å². The molecule has 0 spiro atoms. The molecule has 0 radical (unpaired) electrons. The summed E-state index contributed by atoms with van der Waals surface area (Å²) in [6.45, 7) is 5.76. The lowest BCUT2D eigenvalue weighted by Gasteiger charge is -2.17. The van der Waals surface area contributed by atoms with Gasteiger partial charge in [0.25, 0.3) is 0 Å². The normalized spacial score (nSPS) is 15.3. The first kappa shape index (κ1) is 20.3. The highest BCUT2D eigenvalue weighted by molar-refractivity contribution is 7.89. The summed E-state index contributed by atoms with van der Waals surface area (Å²) >= 11 is 1.08. The molecule has 1 aliphatic heterocycles. The standard InChI is InChI=1S/C21H25N3O3S2/c1-2-24-19-10-9-18(13-20(19)28-21(24)25)29(26,27)22-14-16-7-3-4-8-17(16)15-23-11-5-6-12-23/h3-4,7-10,13,22H,2,5-6,11-12,14-15H2,1H3. The van der Waals surface area contributed by atoms with Crippen LogP contribution in [-0.2, 0) is 29.7 Å². The summed E-state index contributed by atoms with van der Waals surface area (Å²) in [6, 6.07) is 12.9. The zero-order valence-corrected chi connectivity index (χ0v) is 18.1. The Hall–Kier alpha value is -2.00. The molecule has 29 heavy (non-hydrogen) atoms. The van der Waals surface area contributed by atoms with Crippen molar-refractivity contribution in [1.29, 1.82) is 0 Å². The predicted octanol–water partition coefficient (Wildman–Crippen LogP) is 3.16. The summed E-state index contributed by atoms with van der Waals surface area (Å²) in [5.41, 5.74) is 2.93. The number of benzene rings is 2. The van der Waals surface area contributed by atoms with E-state index in [1.54, 1.807) is 22.8 Å². The van der Waals surface area contributed by atoms with Gasteiger partial charge in [0, 0.05) is 19.6 Å². The first-order valence-corrected chi connectivity index (χ1v) is 12.2. The Morgan fingerprint density at radius 3 is 2.52 bits per heavy atom. The van der Waals surface area contributed by atoms with E-state index in [0.717, 1.165) is 47.6 Å². The number of nitrogens with zero attached hydrogens (tertiary/aromatic N) is 2. The number of rotatable bonds is 7. The van der Waals surface area contributed by atoms with E-state index >= 15 is 0 Å². The van der Waals surface area contributed by atoms with Gasteiger partial charge in [-0.25, -0.2) is 13.1 Å². The molecule has 8 heteroatoms. The highest BCUT2D eigenvalue weighted by Crippen LogP contribution is 2.22. The van der Waals surface area contributed by atoms with Gasteiger partial charge in [0.15, 0.2) is 0 Å². The van der Waals surface area contributed by atoms with Crippen molar-refractivity contribution in [3.05, 3.63) is 63.3 Å². The summed E-state index contributed by atoms with van der Waals surface area (Å²) in [5, 5.41) is 0. The summed E-state index contributed by atoms with van der Waals surface area (Å²) in [4.78, 5) is 14.6. The van der Waals surface area contributed by atoms with Gasteiger partial charge >= 0.3 is 4.87 Å². The third-order valence-corrected chi connectivity index (χ3v) is 7.77. The maximum atomic E-state index is 12.9. The van der Waals surface area contributed by atoms with Gasteiger partial charge < -0.3 is 0 Å². The van der Waals surface area contributed by atoms with Crippen LogP contribution in [0.3, 0.4) is 0 Å². The minimum atomic E-state index is -3.67. The molecule has 1 fully saturated rings. The van der Waals surface area contributed by atoms with Crippen LogP contribution in [0, 0.1) is 0 Å². The van der Waals surface area contributed by atoms with Crippen LogP contribution in [0.4, 0.5) is 0 Å². The van der Waals surface area contributed by atoms with E-state index < -0.39 is 10.0 Å². The van der Waals surface area contributed by atoms with E-state index in [-0.39, 0.29) is 16.3 Å². The molecule has 0 atom stereocenters. The maximum Gasteiger partial charge on any atom is 0.308 e. The number of fused-ring (bicyclic) bond motifs is 1. The zero-order valence-electron chi connectivity index (χ0n) is 16.4. The lowest BCUT2D eigenvalue weighted by molar-refractivity contribution is 0.330. The lowest BCUT2D eigenvalue weighted by atomic mass is 10.1. The molecule has 3 aromatic rings. The fourth-order valence-electron chi connectivity index (χ4n) is 3.84. The fraction of sp³-hybridized carbons (Fsp3) is 0.381. The van der Waals surface area contributed by atoms with Gasteiger partial charge in [0.1, 0.15) is 0 Å². The van der Waals surface area contributed by atoms with E-state index in [9.17, 15) is 13.2 Å². The van der Waals surface area contributed by atoms with Crippen LogP contribution < -0.4 is 9.60 Å². The number of nitrogens with one attached hydrogen (secondary N) is 1. The summed E-state index contributed by atoms with van der Waals surface area (Å²) in [5.74, 6) is 0. The highest BCUT2D eigenvalue weighted by Gasteiger charge is 2.18. The van der Waals surface area contributed by atoms with Gasteiger partial charge in [0.2, 0.25) is 10.0 Å². The average Bonchev–Trinajstić information content (AvgIpc) is 3.33. The zero-order chi connectivity index (χ0) is 20.4. The number of likely N-dealkylation sites (tertiary alicyclic amines) is 1. The molecule has 1 aromatic heterocycles. The SMILES string of the molecule is CCn1c(=O)sc2cc(S(=O)(=O)NCc3ccccc3CN3CCCC3)ccc21. The van der Waals surface area contributed by atoms with Crippen LogP contribution in [0.2, 0.25) is 0 Å². The molecule has 4 rings (SSSR count). The van der Waals surface area contributed by atoms with E-state index in [1.807, 2.05) is 25.1 Å². The first-order valence-electron chi connectivity index (χ1n) is 9.90.